The molecule has 4 aromatic rings. The average Bonchev–Trinajstić information content (AvgIpc) is 3.28. The summed E-state index contributed by atoms with van der Waals surface area (Å²) in [4.78, 5) is 14.6. The Hall–Kier alpha value is -3.51. The summed E-state index contributed by atoms with van der Waals surface area (Å²) in [5, 5.41) is 18.4. The maximum absolute atomic E-state index is 12.0. The number of aromatic nitrogens is 3. The number of aliphatic carboxylic acids is 1. The van der Waals surface area contributed by atoms with Gasteiger partial charge in [0, 0.05) is 32.6 Å². The second kappa shape index (κ2) is 11.3. The van der Waals surface area contributed by atoms with Gasteiger partial charge in [-0.05, 0) is 84.5 Å². The summed E-state index contributed by atoms with van der Waals surface area (Å²) in [5.41, 5.74) is 11.6. The van der Waals surface area contributed by atoms with E-state index in [4.69, 9.17) is 0 Å². The monoisotopic (exact) mass is 524 g/mol. The van der Waals surface area contributed by atoms with Crippen LogP contribution in [0.3, 0.4) is 0 Å². The van der Waals surface area contributed by atoms with Crippen molar-refractivity contribution in [3.63, 3.8) is 0 Å². The van der Waals surface area contributed by atoms with Gasteiger partial charge in [-0.15, -0.1) is 5.10 Å². The van der Waals surface area contributed by atoms with E-state index < -0.39 is 5.97 Å². The Kier molecular flexibility index (Phi) is 7.85. The number of carboxylic acids is 1. The molecule has 5 rings (SSSR count). The van der Waals surface area contributed by atoms with E-state index in [1.807, 2.05) is 20.0 Å². The molecule has 0 radical (unpaired) electrons. The highest BCUT2D eigenvalue weighted by molar-refractivity contribution is 5.80. The van der Waals surface area contributed by atoms with Crippen LogP contribution in [-0.4, -0.2) is 37.5 Å². The fourth-order valence-corrected chi connectivity index (χ4v) is 6.24. The third-order valence-corrected chi connectivity index (χ3v) is 8.67. The summed E-state index contributed by atoms with van der Waals surface area (Å²) in [6, 6.07) is 17.5. The SMILES string of the molecule is CC[C@H]1CCc2cc(C)ccc2CN(Cc2cc(C(CC(=O)O)c3ccc4c(nnn4C)c3C)ccc2C)C1. The minimum atomic E-state index is -0.803. The highest BCUT2D eigenvalue weighted by Crippen LogP contribution is 2.35. The van der Waals surface area contributed by atoms with Crippen molar-refractivity contribution in [1.29, 1.82) is 0 Å². The van der Waals surface area contributed by atoms with E-state index in [0.29, 0.717) is 5.92 Å². The van der Waals surface area contributed by atoms with E-state index in [-0.39, 0.29) is 12.3 Å². The summed E-state index contributed by atoms with van der Waals surface area (Å²) >= 11 is 0. The van der Waals surface area contributed by atoms with Gasteiger partial charge >= 0.3 is 5.97 Å². The lowest BCUT2D eigenvalue weighted by Gasteiger charge is -2.31. The van der Waals surface area contributed by atoms with E-state index in [0.717, 1.165) is 53.8 Å². The van der Waals surface area contributed by atoms with Crippen molar-refractivity contribution in [3.05, 3.63) is 93.0 Å². The molecule has 2 heterocycles. The molecule has 1 aromatic heterocycles. The molecule has 39 heavy (non-hydrogen) atoms. The van der Waals surface area contributed by atoms with Crippen LogP contribution in [0.25, 0.3) is 11.0 Å². The smallest absolute Gasteiger partial charge is 0.304 e. The number of fused-ring (bicyclic) bond motifs is 2. The molecule has 2 atom stereocenters. The third-order valence-electron chi connectivity index (χ3n) is 8.67. The lowest BCUT2D eigenvalue weighted by atomic mass is 9.84. The van der Waals surface area contributed by atoms with Crippen LogP contribution in [0, 0.1) is 26.7 Å². The number of benzene rings is 3. The van der Waals surface area contributed by atoms with E-state index in [1.165, 1.54) is 40.7 Å². The zero-order valence-electron chi connectivity index (χ0n) is 23.9. The van der Waals surface area contributed by atoms with Gasteiger partial charge in [-0.25, -0.2) is 4.68 Å². The van der Waals surface area contributed by atoms with Gasteiger partial charge in [0.1, 0.15) is 5.52 Å². The number of rotatable bonds is 7. The number of hydrogen-bond acceptors (Lipinski definition) is 4. The van der Waals surface area contributed by atoms with Gasteiger partial charge in [0.2, 0.25) is 0 Å². The highest BCUT2D eigenvalue weighted by Gasteiger charge is 2.24. The van der Waals surface area contributed by atoms with Crippen LogP contribution < -0.4 is 0 Å². The van der Waals surface area contributed by atoms with Crippen LogP contribution in [0.1, 0.15) is 76.6 Å². The van der Waals surface area contributed by atoms with Crippen LogP contribution in [-0.2, 0) is 31.4 Å². The van der Waals surface area contributed by atoms with Gasteiger partial charge in [0.15, 0.2) is 0 Å². The molecule has 204 valence electrons. The zero-order valence-corrected chi connectivity index (χ0v) is 23.9. The molecule has 1 N–H and O–H groups in total. The Labute approximate surface area is 231 Å². The molecule has 6 heteroatoms. The maximum atomic E-state index is 12.0. The first-order valence-electron chi connectivity index (χ1n) is 14.1. The van der Waals surface area contributed by atoms with Gasteiger partial charge in [0.25, 0.3) is 0 Å². The summed E-state index contributed by atoms with van der Waals surface area (Å²) < 4.78 is 1.76. The van der Waals surface area contributed by atoms with Crippen molar-refractivity contribution in [1.82, 2.24) is 19.9 Å². The predicted molar refractivity (Wildman–Crippen MR) is 156 cm³/mol. The largest absolute Gasteiger partial charge is 0.481 e. The van der Waals surface area contributed by atoms with Crippen LogP contribution in [0.4, 0.5) is 0 Å². The van der Waals surface area contributed by atoms with Gasteiger partial charge in [-0.2, -0.15) is 0 Å². The normalized spacial score (nSPS) is 17.0. The van der Waals surface area contributed by atoms with Crippen molar-refractivity contribution in [2.75, 3.05) is 6.54 Å². The molecular formula is C33H40N4O2. The molecule has 0 aliphatic carbocycles. The lowest BCUT2D eigenvalue weighted by molar-refractivity contribution is -0.137. The van der Waals surface area contributed by atoms with Crippen LogP contribution in [0.5, 0.6) is 0 Å². The van der Waals surface area contributed by atoms with Gasteiger partial charge in [-0.3, -0.25) is 9.69 Å². The summed E-state index contributed by atoms with van der Waals surface area (Å²) in [7, 11) is 1.88. The molecule has 1 unspecified atom stereocenters. The predicted octanol–water partition coefficient (Wildman–Crippen LogP) is 6.47. The lowest BCUT2D eigenvalue weighted by Crippen LogP contribution is -2.31. The van der Waals surface area contributed by atoms with Gasteiger partial charge < -0.3 is 5.11 Å². The van der Waals surface area contributed by atoms with Gasteiger partial charge in [-0.1, -0.05) is 66.6 Å². The first-order chi connectivity index (χ1) is 18.7. The molecule has 6 nitrogen and oxygen atoms in total. The van der Waals surface area contributed by atoms with E-state index in [1.54, 1.807) is 4.68 Å². The number of carboxylic acid groups (broad SMARTS) is 1. The number of aryl methyl sites for hydroxylation is 5. The number of carbonyl (C=O) groups is 1. The van der Waals surface area contributed by atoms with Crippen LogP contribution in [0.15, 0.2) is 48.5 Å². The summed E-state index contributed by atoms with van der Waals surface area (Å²) in [5.74, 6) is -0.391. The highest BCUT2D eigenvalue weighted by atomic mass is 16.4. The molecule has 0 saturated carbocycles. The summed E-state index contributed by atoms with van der Waals surface area (Å²) in [6.45, 7) is 11.6. The Morgan fingerprint density at radius 1 is 1.08 bits per heavy atom. The molecular weight excluding hydrogens is 484 g/mol. The molecule has 0 fully saturated rings. The van der Waals surface area contributed by atoms with Crippen LogP contribution >= 0.6 is 0 Å². The van der Waals surface area contributed by atoms with Crippen LogP contribution in [0.2, 0.25) is 0 Å². The molecule has 0 saturated heterocycles. The van der Waals surface area contributed by atoms with E-state index in [9.17, 15) is 9.90 Å². The minimum Gasteiger partial charge on any atom is -0.481 e. The first-order valence-corrected chi connectivity index (χ1v) is 14.1. The maximum Gasteiger partial charge on any atom is 0.304 e. The number of nitrogens with zero attached hydrogens (tertiary/aromatic N) is 4. The first kappa shape index (κ1) is 27.1. The van der Waals surface area contributed by atoms with Crippen molar-refractivity contribution < 1.29 is 9.90 Å². The topological polar surface area (TPSA) is 71.2 Å². The summed E-state index contributed by atoms with van der Waals surface area (Å²) in [6.07, 6.45) is 3.59. The van der Waals surface area contributed by atoms with E-state index >= 15 is 0 Å². The third kappa shape index (κ3) is 5.76. The van der Waals surface area contributed by atoms with E-state index in [2.05, 4.69) is 78.4 Å². The van der Waals surface area contributed by atoms with Crippen molar-refractivity contribution in [3.8, 4) is 0 Å². The quantitative estimate of drug-likeness (QED) is 0.300. The van der Waals surface area contributed by atoms with Crippen molar-refractivity contribution in [2.24, 2.45) is 13.0 Å². The Morgan fingerprint density at radius 2 is 1.90 bits per heavy atom. The Bertz CT molecular complexity index is 1510. The minimum absolute atomic E-state index is 0.0312. The van der Waals surface area contributed by atoms with Crippen molar-refractivity contribution >= 4 is 17.0 Å². The Morgan fingerprint density at radius 3 is 2.67 bits per heavy atom. The zero-order chi connectivity index (χ0) is 27.7. The standard InChI is InChI=1S/C33H40N4O2/c1-6-24-9-12-25-15-21(2)7-10-27(25)19-37(18-24)20-28-16-26(11-8-22(28)3)30(17-32(38)39)29-13-14-31-33(23(29)4)34-35-36(31)5/h7-8,10-11,13-16,24,30H,6,9,12,17-20H2,1-5H3,(H,38,39)/t24-,30?/m0/s1. The Balaban J connectivity index is 1.50. The average molecular weight is 525 g/mol. The second-order valence-corrected chi connectivity index (χ2v) is 11.5. The molecule has 1 aliphatic heterocycles. The molecule has 3 aromatic carbocycles. The molecule has 1 aliphatic rings. The molecule has 0 amide bonds. The molecule has 0 bridgehead atoms. The van der Waals surface area contributed by atoms with Gasteiger partial charge in [0.05, 0.1) is 11.9 Å². The van der Waals surface area contributed by atoms with Crippen molar-refractivity contribution in [2.45, 2.75) is 72.4 Å². The fraction of sp³-hybridized carbons (Fsp3) is 0.424. The fourth-order valence-electron chi connectivity index (χ4n) is 6.24. The second-order valence-electron chi connectivity index (χ2n) is 11.5. The molecule has 0 spiro atoms. The number of hydrogen-bond donors (Lipinski definition) is 1.